The van der Waals surface area contributed by atoms with Crippen molar-refractivity contribution in [2.24, 2.45) is 0 Å². The SMILES string of the molecule is COc1cc2c(I(C)c3ccc(C)cc3)cc1CCc1ccc(cc1)CC2. The second kappa shape index (κ2) is 8.05. The molecule has 0 N–H and O–H groups in total. The van der Waals surface area contributed by atoms with Gasteiger partial charge < -0.3 is 0 Å². The second-order valence-corrected chi connectivity index (χ2v) is 12.4. The van der Waals surface area contributed by atoms with Crippen LogP contribution in [-0.4, -0.2) is 12.0 Å². The van der Waals surface area contributed by atoms with Gasteiger partial charge in [0.05, 0.1) is 0 Å². The average Bonchev–Trinajstić information content (AvgIpc) is 2.69. The van der Waals surface area contributed by atoms with Crippen molar-refractivity contribution >= 4 is 19.8 Å². The van der Waals surface area contributed by atoms with Gasteiger partial charge in [0.25, 0.3) is 0 Å². The van der Waals surface area contributed by atoms with Crippen LogP contribution in [0.5, 0.6) is 5.75 Å². The van der Waals surface area contributed by atoms with Gasteiger partial charge in [0.1, 0.15) is 0 Å². The molecule has 1 nitrogen and oxygen atoms in total. The standard InChI is InChI=1S/C25H27IO/c1-18-4-14-23(15-5-18)26(2)24-16-22-13-11-20-8-6-19(7-9-20)10-12-21(24)17-25(22)27-3/h4-9,14-17H,10-13H2,1-3H3. The Morgan fingerprint density at radius 3 is 1.93 bits per heavy atom. The van der Waals surface area contributed by atoms with Gasteiger partial charge in [-0.1, -0.05) is 0 Å². The number of hydrogen-bond donors (Lipinski definition) is 0. The summed E-state index contributed by atoms with van der Waals surface area (Å²) in [5, 5.41) is 0. The van der Waals surface area contributed by atoms with E-state index in [2.05, 4.69) is 72.5 Å². The molecule has 0 saturated carbocycles. The van der Waals surface area contributed by atoms with Gasteiger partial charge in [-0.2, -0.15) is 0 Å². The normalized spacial score (nSPS) is 13.8. The fraction of sp³-hybridized carbons (Fsp3) is 0.280. The fourth-order valence-electron chi connectivity index (χ4n) is 3.75. The summed E-state index contributed by atoms with van der Waals surface area (Å²) in [6, 6.07) is 23.2. The van der Waals surface area contributed by atoms with Crippen molar-refractivity contribution in [3.05, 3.63) is 95.6 Å². The molecule has 27 heavy (non-hydrogen) atoms. The summed E-state index contributed by atoms with van der Waals surface area (Å²) in [5.41, 5.74) is 7.02. The average molecular weight is 470 g/mol. The first-order valence-electron chi connectivity index (χ1n) is 9.58. The number of benzene rings is 3. The zero-order valence-electron chi connectivity index (χ0n) is 16.4. The van der Waals surface area contributed by atoms with Gasteiger partial charge in [0.2, 0.25) is 0 Å². The van der Waals surface area contributed by atoms with Crippen LogP contribution in [0.2, 0.25) is 0 Å². The van der Waals surface area contributed by atoms with Crippen molar-refractivity contribution in [1.29, 1.82) is 0 Å². The third-order valence-corrected chi connectivity index (χ3v) is 10.8. The molecule has 0 heterocycles. The molecule has 4 aliphatic carbocycles. The quantitative estimate of drug-likeness (QED) is 0.334. The molecule has 0 amide bonds. The molecule has 0 radical (unpaired) electrons. The van der Waals surface area contributed by atoms with E-state index in [0.29, 0.717) is 0 Å². The van der Waals surface area contributed by atoms with Crippen molar-refractivity contribution in [3.63, 3.8) is 0 Å². The predicted molar refractivity (Wildman–Crippen MR) is 123 cm³/mol. The van der Waals surface area contributed by atoms with Crippen LogP contribution in [0.25, 0.3) is 0 Å². The summed E-state index contributed by atoms with van der Waals surface area (Å²) in [6.07, 6.45) is 4.28. The van der Waals surface area contributed by atoms with Gasteiger partial charge in [-0.15, -0.1) is 0 Å². The van der Waals surface area contributed by atoms with Crippen molar-refractivity contribution in [1.82, 2.24) is 0 Å². The Bertz CT molecular complexity index is 926. The molecule has 2 heteroatoms. The molecule has 0 atom stereocenters. The minimum atomic E-state index is -1.43. The fourth-order valence-corrected chi connectivity index (χ4v) is 8.16. The Labute approximate surface area is 170 Å². The van der Waals surface area contributed by atoms with Crippen LogP contribution in [0.4, 0.5) is 0 Å². The zero-order chi connectivity index (χ0) is 18.8. The van der Waals surface area contributed by atoms with E-state index in [4.69, 9.17) is 4.74 Å². The van der Waals surface area contributed by atoms with Crippen LogP contribution in [0.3, 0.4) is 0 Å². The number of hydrogen-bond acceptors (Lipinski definition) is 1. The third-order valence-electron chi connectivity index (χ3n) is 5.48. The number of aryl methyl sites for hydroxylation is 5. The van der Waals surface area contributed by atoms with E-state index in [1.807, 2.05) is 7.11 Å². The third kappa shape index (κ3) is 4.06. The number of methoxy groups -OCH3 is 1. The van der Waals surface area contributed by atoms with Crippen molar-refractivity contribution in [2.45, 2.75) is 32.6 Å². The molecule has 4 aliphatic rings. The van der Waals surface area contributed by atoms with Gasteiger partial charge in [-0.05, 0) is 0 Å². The maximum absolute atomic E-state index is 5.78. The van der Waals surface area contributed by atoms with Crippen molar-refractivity contribution in [2.75, 3.05) is 12.0 Å². The molecule has 7 rings (SSSR count). The molecule has 4 bridgehead atoms. The predicted octanol–water partition coefficient (Wildman–Crippen LogP) is 6.06. The van der Waals surface area contributed by atoms with E-state index in [0.717, 1.165) is 31.4 Å². The Morgan fingerprint density at radius 1 is 0.741 bits per heavy atom. The van der Waals surface area contributed by atoms with Crippen molar-refractivity contribution in [3.8, 4) is 5.75 Å². The summed E-state index contributed by atoms with van der Waals surface area (Å²) < 4.78 is 8.93. The summed E-state index contributed by atoms with van der Waals surface area (Å²) in [4.78, 5) is 2.49. The molecule has 0 unspecified atom stereocenters. The summed E-state index contributed by atoms with van der Waals surface area (Å²) in [7, 11) is 1.81. The number of ether oxygens (including phenoxy) is 1. The minimum absolute atomic E-state index is 1.04. The van der Waals surface area contributed by atoms with Crippen LogP contribution in [0, 0.1) is 14.1 Å². The second-order valence-electron chi connectivity index (χ2n) is 7.34. The van der Waals surface area contributed by atoms with E-state index in [9.17, 15) is 0 Å². The zero-order valence-corrected chi connectivity index (χ0v) is 18.5. The van der Waals surface area contributed by atoms with Crippen LogP contribution < -0.4 is 4.74 Å². The van der Waals surface area contributed by atoms with Gasteiger partial charge in [-0.25, -0.2) is 0 Å². The Kier molecular flexibility index (Phi) is 5.53. The molecule has 0 aliphatic heterocycles. The monoisotopic (exact) mass is 470 g/mol. The molecular weight excluding hydrogens is 443 g/mol. The first kappa shape index (κ1) is 18.5. The Morgan fingerprint density at radius 2 is 1.33 bits per heavy atom. The summed E-state index contributed by atoms with van der Waals surface area (Å²) >= 11 is -1.43. The first-order valence-corrected chi connectivity index (χ1v) is 13.9. The molecule has 0 fully saturated rings. The first-order chi connectivity index (χ1) is 13.1. The van der Waals surface area contributed by atoms with Gasteiger partial charge in [-0.3, -0.25) is 0 Å². The topological polar surface area (TPSA) is 9.23 Å². The molecule has 3 aromatic carbocycles. The Balaban J connectivity index is 1.78. The van der Waals surface area contributed by atoms with Crippen LogP contribution in [0.15, 0.2) is 60.7 Å². The van der Waals surface area contributed by atoms with Gasteiger partial charge in [0.15, 0.2) is 0 Å². The molecule has 140 valence electrons. The molecule has 0 aromatic heterocycles. The van der Waals surface area contributed by atoms with Crippen molar-refractivity contribution < 1.29 is 4.74 Å². The number of alkyl halides is 1. The van der Waals surface area contributed by atoms with Gasteiger partial charge >= 0.3 is 171 Å². The maximum atomic E-state index is 5.78. The molecular formula is C25H27IO. The molecule has 0 spiro atoms. The van der Waals surface area contributed by atoms with E-state index >= 15 is 0 Å². The summed E-state index contributed by atoms with van der Waals surface area (Å²) in [6.45, 7) is 2.17. The van der Waals surface area contributed by atoms with Crippen LogP contribution in [-0.2, 0) is 25.7 Å². The van der Waals surface area contributed by atoms with E-state index in [-0.39, 0.29) is 0 Å². The molecule has 0 saturated heterocycles. The Hall–Kier alpha value is -1.81. The number of rotatable bonds is 3. The van der Waals surface area contributed by atoms with Crippen LogP contribution >= 0.6 is 19.8 Å². The van der Waals surface area contributed by atoms with Gasteiger partial charge in [0, 0.05) is 0 Å². The molecule has 3 aromatic rings. The summed E-state index contributed by atoms with van der Waals surface area (Å²) in [5.74, 6) is 1.07. The number of halogens is 1. The van der Waals surface area contributed by atoms with E-state index in [1.165, 1.54) is 31.4 Å². The van der Waals surface area contributed by atoms with Crippen LogP contribution in [0.1, 0.15) is 27.8 Å². The van der Waals surface area contributed by atoms with E-state index < -0.39 is 19.8 Å². The van der Waals surface area contributed by atoms with E-state index in [1.54, 1.807) is 3.57 Å².